The molecule has 3 rings (SSSR count). The van der Waals surface area contributed by atoms with Gasteiger partial charge >= 0.3 is 0 Å². The second-order valence-electron chi connectivity index (χ2n) is 7.53. The van der Waals surface area contributed by atoms with E-state index in [9.17, 15) is 18.0 Å². The molecule has 2 aromatic rings. The SMILES string of the molecule is Cc1ccc(S(=O)(=O)N(C)Cc2ccc(C(=O)NNC(=O)C3CC3C)cc2)cc1. The standard InChI is InChI=1S/C21H25N3O4S/c1-14-4-10-18(11-5-14)29(27,28)24(3)13-16-6-8-17(9-7-16)20(25)22-23-21(26)19-12-15(19)2/h4-11,15,19H,12-13H2,1-3H3,(H,22,25)(H,23,26). The minimum atomic E-state index is -3.60. The first-order valence-corrected chi connectivity index (χ1v) is 10.8. The second-order valence-corrected chi connectivity index (χ2v) is 9.58. The van der Waals surface area contributed by atoms with Crippen molar-refractivity contribution in [3.05, 3.63) is 65.2 Å². The van der Waals surface area contributed by atoms with Crippen LogP contribution in [0.15, 0.2) is 53.4 Å². The van der Waals surface area contributed by atoms with E-state index in [-0.39, 0.29) is 23.3 Å². The van der Waals surface area contributed by atoms with Crippen molar-refractivity contribution < 1.29 is 18.0 Å². The Labute approximate surface area is 171 Å². The lowest BCUT2D eigenvalue weighted by atomic mass is 10.1. The van der Waals surface area contributed by atoms with Crippen molar-refractivity contribution in [2.45, 2.75) is 31.7 Å². The number of aryl methyl sites for hydroxylation is 1. The predicted octanol–water partition coefficient (Wildman–Crippen LogP) is 2.23. The van der Waals surface area contributed by atoms with E-state index in [1.165, 1.54) is 11.4 Å². The lowest BCUT2D eigenvalue weighted by Gasteiger charge is -2.17. The Bertz CT molecular complexity index is 1000. The van der Waals surface area contributed by atoms with Crippen LogP contribution in [0.3, 0.4) is 0 Å². The van der Waals surface area contributed by atoms with Crippen molar-refractivity contribution in [1.82, 2.24) is 15.2 Å². The third-order valence-corrected chi connectivity index (χ3v) is 6.91. The monoisotopic (exact) mass is 415 g/mol. The molecule has 29 heavy (non-hydrogen) atoms. The van der Waals surface area contributed by atoms with Gasteiger partial charge in [-0.15, -0.1) is 0 Å². The molecule has 0 aromatic heterocycles. The van der Waals surface area contributed by atoms with Crippen LogP contribution < -0.4 is 10.9 Å². The zero-order valence-corrected chi connectivity index (χ0v) is 17.5. The number of sulfonamides is 1. The molecule has 1 aliphatic rings. The van der Waals surface area contributed by atoms with Crippen LogP contribution in [0.25, 0.3) is 0 Å². The third kappa shape index (κ3) is 5.02. The molecule has 2 N–H and O–H groups in total. The van der Waals surface area contributed by atoms with E-state index in [1.807, 2.05) is 13.8 Å². The van der Waals surface area contributed by atoms with Crippen LogP contribution in [-0.4, -0.2) is 31.6 Å². The van der Waals surface area contributed by atoms with Gasteiger partial charge in [-0.2, -0.15) is 4.31 Å². The Morgan fingerprint density at radius 2 is 1.62 bits per heavy atom. The first-order valence-electron chi connectivity index (χ1n) is 9.40. The van der Waals surface area contributed by atoms with Gasteiger partial charge in [0.25, 0.3) is 5.91 Å². The fourth-order valence-corrected chi connectivity index (χ4v) is 4.12. The average Bonchev–Trinajstić information content (AvgIpc) is 3.43. The Balaban J connectivity index is 1.58. The fourth-order valence-electron chi connectivity index (χ4n) is 2.96. The van der Waals surface area contributed by atoms with Crippen LogP contribution in [-0.2, 0) is 21.4 Å². The maximum Gasteiger partial charge on any atom is 0.269 e. The quantitative estimate of drug-likeness (QED) is 0.708. The topological polar surface area (TPSA) is 95.6 Å². The summed E-state index contributed by atoms with van der Waals surface area (Å²) in [5.74, 6) is -0.257. The molecule has 2 aromatic carbocycles. The van der Waals surface area contributed by atoms with Gasteiger partial charge in [0.15, 0.2) is 0 Å². The molecule has 2 atom stereocenters. The number of hydrogen-bond acceptors (Lipinski definition) is 4. The third-order valence-electron chi connectivity index (χ3n) is 5.10. The molecule has 0 aliphatic heterocycles. The van der Waals surface area contributed by atoms with Crippen LogP contribution in [0, 0.1) is 18.8 Å². The zero-order valence-electron chi connectivity index (χ0n) is 16.7. The summed E-state index contributed by atoms with van der Waals surface area (Å²) < 4.78 is 26.6. The second kappa shape index (κ2) is 8.34. The molecule has 0 radical (unpaired) electrons. The van der Waals surface area contributed by atoms with Crippen LogP contribution in [0.2, 0.25) is 0 Å². The van der Waals surface area contributed by atoms with Crippen molar-refractivity contribution in [3.63, 3.8) is 0 Å². The molecule has 2 amide bonds. The van der Waals surface area contributed by atoms with Gasteiger partial charge in [-0.25, -0.2) is 8.42 Å². The minimum absolute atomic E-state index is 0.0244. The molecular weight excluding hydrogens is 390 g/mol. The Kier molecular flexibility index (Phi) is 6.04. The van der Waals surface area contributed by atoms with Crippen LogP contribution >= 0.6 is 0 Å². The maximum absolute atomic E-state index is 12.7. The highest BCUT2D eigenvalue weighted by molar-refractivity contribution is 7.89. The summed E-state index contributed by atoms with van der Waals surface area (Å²) in [6.07, 6.45) is 0.843. The zero-order chi connectivity index (χ0) is 21.2. The molecule has 0 spiro atoms. The van der Waals surface area contributed by atoms with Crippen molar-refractivity contribution in [3.8, 4) is 0 Å². The molecule has 0 bridgehead atoms. The molecule has 0 saturated heterocycles. The number of carbonyl (C=O) groups excluding carboxylic acids is 2. The van der Waals surface area contributed by atoms with Crippen molar-refractivity contribution in [1.29, 1.82) is 0 Å². The van der Waals surface area contributed by atoms with Gasteiger partial charge in [0, 0.05) is 25.1 Å². The van der Waals surface area contributed by atoms with E-state index in [4.69, 9.17) is 0 Å². The molecule has 0 heterocycles. The van der Waals surface area contributed by atoms with Crippen molar-refractivity contribution in [2.24, 2.45) is 11.8 Å². The van der Waals surface area contributed by atoms with Gasteiger partial charge in [-0.1, -0.05) is 36.8 Å². The maximum atomic E-state index is 12.7. The highest BCUT2D eigenvalue weighted by atomic mass is 32.2. The molecule has 154 valence electrons. The summed E-state index contributed by atoms with van der Waals surface area (Å²) in [5, 5.41) is 0. The molecule has 8 heteroatoms. The van der Waals surface area contributed by atoms with Crippen LogP contribution in [0.5, 0.6) is 0 Å². The molecule has 1 aliphatic carbocycles. The fraction of sp³-hybridized carbons (Fsp3) is 0.333. The number of nitrogens with zero attached hydrogens (tertiary/aromatic N) is 1. The number of benzene rings is 2. The number of carbonyl (C=O) groups is 2. The summed E-state index contributed by atoms with van der Waals surface area (Å²) >= 11 is 0. The number of amides is 2. The smallest absolute Gasteiger partial charge is 0.269 e. The van der Waals surface area contributed by atoms with E-state index in [0.29, 0.717) is 11.5 Å². The number of hydrazine groups is 1. The molecular formula is C21H25N3O4S. The Morgan fingerprint density at radius 1 is 1.03 bits per heavy atom. The normalized spacial score (nSPS) is 18.3. The van der Waals surface area contributed by atoms with E-state index >= 15 is 0 Å². The van der Waals surface area contributed by atoms with Gasteiger partial charge in [0.2, 0.25) is 15.9 Å². The minimum Gasteiger partial charge on any atom is -0.273 e. The van der Waals surface area contributed by atoms with Gasteiger partial charge in [-0.3, -0.25) is 20.4 Å². The van der Waals surface area contributed by atoms with E-state index in [2.05, 4.69) is 10.9 Å². The molecule has 2 unspecified atom stereocenters. The van der Waals surface area contributed by atoms with E-state index < -0.39 is 15.9 Å². The number of hydrogen-bond donors (Lipinski definition) is 2. The highest BCUT2D eigenvalue weighted by Gasteiger charge is 2.39. The molecule has 7 nitrogen and oxygen atoms in total. The lowest BCUT2D eigenvalue weighted by molar-refractivity contribution is -0.123. The van der Waals surface area contributed by atoms with Crippen molar-refractivity contribution in [2.75, 3.05) is 7.05 Å². The molecule has 1 saturated carbocycles. The van der Waals surface area contributed by atoms with Gasteiger partial charge in [0.1, 0.15) is 0 Å². The number of rotatable bonds is 6. The van der Waals surface area contributed by atoms with E-state index in [1.54, 1.807) is 48.5 Å². The molecule has 1 fully saturated rings. The predicted molar refractivity (Wildman–Crippen MR) is 109 cm³/mol. The Morgan fingerprint density at radius 3 is 2.17 bits per heavy atom. The van der Waals surface area contributed by atoms with E-state index in [0.717, 1.165) is 17.5 Å². The Hall–Kier alpha value is -2.71. The first kappa shape index (κ1) is 21.0. The largest absolute Gasteiger partial charge is 0.273 e. The van der Waals surface area contributed by atoms with Gasteiger partial charge in [0.05, 0.1) is 4.90 Å². The average molecular weight is 416 g/mol. The van der Waals surface area contributed by atoms with Crippen LogP contribution in [0.1, 0.15) is 34.8 Å². The number of nitrogens with one attached hydrogen (secondary N) is 2. The lowest BCUT2D eigenvalue weighted by Crippen LogP contribution is -2.42. The summed E-state index contributed by atoms with van der Waals surface area (Å²) in [6, 6.07) is 13.3. The van der Waals surface area contributed by atoms with Gasteiger partial charge < -0.3 is 0 Å². The van der Waals surface area contributed by atoms with Crippen LogP contribution in [0.4, 0.5) is 0 Å². The summed E-state index contributed by atoms with van der Waals surface area (Å²) in [5.41, 5.74) is 6.95. The summed E-state index contributed by atoms with van der Waals surface area (Å²) in [7, 11) is -2.08. The summed E-state index contributed by atoms with van der Waals surface area (Å²) in [4.78, 5) is 24.2. The highest BCUT2D eigenvalue weighted by Crippen LogP contribution is 2.37. The summed E-state index contributed by atoms with van der Waals surface area (Å²) in [6.45, 7) is 4.06. The first-order chi connectivity index (χ1) is 13.7. The van der Waals surface area contributed by atoms with Crippen molar-refractivity contribution >= 4 is 21.8 Å². The van der Waals surface area contributed by atoms with Gasteiger partial charge in [-0.05, 0) is 49.1 Å².